The van der Waals surface area contributed by atoms with Crippen molar-refractivity contribution in [3.8, 4) is 0 Å². The number of hydrogen-bond donors (Lipinski definition) is 1. The number of nitrogen functional groups attached to an aromatic ring is 1. The minimum absolute atomic E-state index is 0.0642. The number of thiophene rings is 1. The van der Waals surface area contributed by atoms with Crippen LogP contribution in [0.1, 0.15) is 20.8 Å². The molecule has 20 heavy (non-hydrogen) atoms. The van der Waals surface area contributed by atoms with E-state index < -0.39 is 0 Å². The topological polar surface area (TPSA) is 46.3 Å². The summed E-state index contributed by atoms with van der Waals surface area (Å²) in [6.07, 6.45) is 0.898. The molecule has 0 bridgehead atoms. The Bertz CT molecular complexity index is 661. The quantitative estimate of drug-likeness (QED) is 0.809. The monoisotopic (exact) mass is 326 g/mol. The number of anilines is 1. The highest BCUT2D eigenvalue weighted by molar-refractivity contribution is 7.10. The smallest absolute Gasteiger partial charge is 0.254 e. The van der Waals surface area contributed by atoms with Gasteiger partial charge in [0.05, 0.1) is 15.7 Å². The van der Waals surface area contributed by atoms with Crippen LogP contribution in [0.5, 0.6) is 0 Å². The third-order valence-electron chi connectivity index (χ3n) is 3.42. The zero-order chi connectivity index (χ0) is 14.3. The first-order chi connectivity index (χ1) is 9.56. The van der Waals surface area contributed by atoms with E-state index >= 15 is 0 Å². The van der Waals surface area contributed by atoms with E-state index in [1.807, 2.05) is 4.90 Å². The fourth-order valence-corrected chi connectivity index (χ4v) is 3.69. The second-order valence-corrected chi connectivity index (χ2v) is 6.51. The highest BCUT2D eigenvalue weighted by atomic mass is 35.5. The number of carbonyl (C=O) groups is 1. The average Bonchev–Trinajstić information content (AvgIpc) is 2.90. The molecule has 0 atom stereocenters. The van der Waals surface area contributed by atoms with Gasteiger partial charge in [-0.05, 0) is 35.6 Å². The van der Waals surface area contributed by atoms with Crippen molar-refractivity contribution in [3.63, 3.8) is 0 Å². The molecule has 1 aromatic carbocycles. The molecule has 0 fully saturated rings. The highest BCUT2D eigenvalue weighted by Crippen LogP contribution is 2.30. The van der Waals surface area contributed by atoms with Crippen LogP contribution in [-0.2, 0) is 13.0 Å². The summed E-state index contributed by atoms with van der Waals surface area (Å²) in [5, 5.41) is 2.69. The van der Waals surface area contributed by atoms with Crippen molar-refractivity contribution >= 4 is 46.1 Å². The minimum atomic E-state index is -0.0642. The molecule has 3 nitrogen and oxygen atoms in total. The van der Waals surface area contributed by atoms with Crippen molar-refractivity contribution in [2.24, 2.45) is 0 Å². The van der Waals surface area contributed by atoms with Gasteiger partial charge in [0.15, 0.2) is 0 Å². The van der Waals surface area contributed by atoms with Gasteiger partial charge in [-0.3, -0.25) is 4.79 Å². The van der Waals surface area contributed by atoms with E-state index in [4.69, 9.17) is 28.9 Å². The van der Waals surface area contributed by atoms with Crippen molar-refractivity contribution in [1.29, 1.82) is 0 Å². The van der Waals surface area contributed by atoms with Crippen molar-refractivity contribution < 1.29 is 4.79 Å². The first kappa shape index (κ1) is 13.7. The number of carbonyl (C=O) groups excluding carboxylic acids is 1. The van der Waals surface area contributed by atoms with Crippen LogP contribution in [0.4, 0.5) is 5.69 Å². The molecule has 0 aliphatic carbocycles. The van der Waals surface area contributed by atoms with Crippen LogP contribution in [-0.4, -0.2) is 17.4 Å². The molecule has 0 saturated carbocycles. The van der Waals surface area contributed by atoms with Crippen molar-refractivity contribution in [3.05, 3.63) is 49.6 Å². The Kier molecular flexibility index (Phi) is 3.63. The molecule has 0 radical (unpaired) electrons. The Morgan fingerprint density at radius 2 is 2.00 bits per heavy atom. The van der Waals surface area contributed by atoms with Crippen molar-refractivity contribution in [1.82, 2.24) is 4.90 Å². The number of benzene rings is 1. The predicted octanol–water partition coefficient (Wildman–Crippen LogP) is 3.84. The first-order valence-corrected chi connectivity index (χ1v) is 7.79. The molecule has 0 saturated heterocycles. The Morgan fingerprint density at radius 1 is 1.30 bits per heavy atom. The summed E-state index contributed by atoms with van der Waals surface area (Å²) in [5.41, 5.74) is 7.70. The number of nitrogens with zero attached hydrogens (tertiary/aromatic N) is 1. The van der Waals surface area contributed by atoms with Crippen LogP contribution in [0.15, 0.2) is 23.6 Å². The molecular formula is C14H12Cl2N2OS. The second-order valence-electron chi connectivity index (χ2n) is 4.70. The first-order valence-electron chi connectivity index (χ1n) is 6.15. The maximum atomic E-state index is 12.5. The predicted molar refractivity (Wildman–Crippen MR) is 83.6 cm³/mol. The lowest BCUT2D eigenvalue weighted by Crippen LogP contribution is -2.35. The zero-order valence-corrected chi connectivity index (χ0v) is 12.9. The SMILES string of the molecule is Nc1c(Cl)cc(C(=O)N2CCc3sccc3C2)cc1Cl. The van der Waals surface area contributed by atoms with Crippen LogP contribution < -0.4 is 5.73 Å². The Hall–Kier alpha value is -1.23. The van der Waals surface area contributed by atoms with Gasteiger partial charge in [-0.15, -0.1) is 11.3 Å². The number of amides is 1. The van der Waals surface area contributed by atoms with E-state index in [9.17, 15) is 4.79 Å². The molecular weight excluding hydrogens is 315 g/mol. The molecule has 2 N–H and O–H groups in total. The third kappa shape index (κ3) is 2.39. The van der Waals surface area contributed by atoms with E-state index in [2.05, 4.69) is 11.4 Å². The van der Waals surface area contributed by atoms with Gasteiger partial charge in [-0.2, -0.15) is 0 Å². The summed E-state index contributed by atoms with van der Waals surface area (Å²) in [7, 11) is 0. The van der Waals surface area contributed by atoms with Gasteiger partial charge in [0, 0.05) is 23.5 Å². The number of rotatable bonds is 1. The molecule has 3 rings (SSSR count). The lowest BCUT2D eigenvalue weighted by Gasteiger charge is -2.27. The number of hydrogen-bond acceptors (Lipinski definition) is 3. The zero-order valence-electron chi connectivity index (χ0n) is 10.5. The highest BCUT2D eigenvalue weighted by Gasteiger charge is 2.23. The largest absolute Gasteiger partial charge is 0.396 e. The molecule has 2 heterocycles. The summed E-state index contributed by atoms with van der Waals surface area (Å²) in [6, 6.07) is 5.23. The Balaban J connectivity index is 1.87. The average molecular weight is 327 g/mol. The van der Waals surface area contributed by atoms with Crippen LogP contribution in [0, 0.1) is 0 Å². The number of fused-ring (bicyclic) bond motifs is 1. The summed E-state index contributed by atoms with van der Waals surface area (Å²) in [4.78, 5) is 15.7. The van der Waals surface area contributed by atoms with Gasteiger partial charge in [-0.1, -0.05) is 23.2 Å². The third-order valence-corrected chi connectivity index (χ3v) is 5.07. The van der Waals surface area contributed by atoms with Crippen LogP contribution in [0.25, 0.3) is 0 Å². The Labute approximate surface area is 130 Å². The molecule has 6 heteroatoms. The maximum absolute atomic E-state index is 12.5. The van der Waals surface area contributed by atoms with Crippen LogP contribution in [0.2, 0.25) is 10.0 Å². The summed E-state index contributed by atoms with van der Waals surface area (Å²) >= 11 is 13.7. The lowest BCUT2D eigenvalue weighted by molar-refractivity contribution is 0.0736. The minimum Gasteiger partial charge on any atom is -0.396 e. The molecule has 1 aromatic heterocycles. The lowest BCUT2D eigenvalue weighted by atomic mass is 10.1. The van der Waals surface area contributed by atoms with Gasteiger partial charge in [0.2, 0.25) is 0 Å². The molecule has 1 aliphatic heterocycles. The summed E-state index contributed by atoms with van der Waals surface area (Å²) in [6.45, 7) is 1.35. The summed E-state index contributed by atoms with van der Waals surface area (Å²) < 4.78 is 0. The van der Waals surface area contributed by atoms with Gasteiger partial charge >= 0.3 is 0 Å². The van der Waals surface area contributed by atoms with E-state index in [-0.39, 0.29) is 5.91 Å². The normalized spacial score (nSPS) is 14.2. The fraction of sp³-hybridized carbons (Fsp3) is 0.214. The van der Waals surface area contributed by atoms with Crippen LogP contribution >= 0.6 is 34.5 Å². The molecule has 1 amide bonds. The van der Waals surface area contributed by atoms with E-state index in [1.54, 1.807) is 23.5 Å². The number of halogens is 2. The van der Waals surface area contributed by atoms with Gasteiger partial charge in [-0.25, -0.2) is 0 Å². The second kappa shape index (κ2) is 5.28. The number of nitrogens with two attached hydrogens (primary N) is 1. The van der Waals surface area contributed by atoms with Gasteiger partial charge in [0.1, 0.15) is 0 Å². The van der Waals surface area contributed by atoms with E-state index in [0.29, 0.717) is 34.4 Å². The fourth-order valence-electron chi connectivity index (χ4n) is 2.31. The maximum Gasteiger partial charge on any atom is 0.254 e. The van der Waals surface area contributed by atoms with Gasteiger partial charge < -0.3 is 10.6 Å². The molecule has 0 unspecified atom stereocenters. The summed E-state index contributed by atoms with van der Waals surface area (Å²) in [5.74, 6) is -0.0642. The van der Waals surface area contributed by atoms with E-state index in [0.717, 1.165) is 6.42 Å². The standard InChI is InChI=1S/C14H12Cl2N2OS/c15-10-5-9(6-11(16)13(10)17)14(19)18-3-1-12-8(7-18)2-4-20-12/h2,4-6H,1,3,7,17H2. The molecule has 104 valence electrons. The van der Waals surface area contributed by atoms with Crippen molar-refractivity contribution in [2.75, 3.05) is 12.3 Å². The van der Waals surface area contributed by atoms with Crippen molar-refractivity contribution in [2.45, 2.75) is 13.0 Å². The van der Waals surface area contributed by atoms with Crippen LogP contribution in [0.3, 0.4) is 0 Å². The molecule has 0 spiro atoms. The Morgan fingerprint density at radius 3 is 2.70 bits per heavy atom. The molecule has 2 aromatic rings. The van der Waals surface area contributed by atoms with Gasteiger partial charge in [0.25, 0.3) is 5.91 Å². The molecule has 1 aliphatic rings. The van der Waals surface area contributed by atoms with E-state index in [1.165, 1.54) is 10.4 Å².